The average Bonchev–Trinajstić information content (AvgIpc) is 2.73. The molecule has 2 aromatic rings. The first-order chi connectivity index (χ1) is 15.5. The van der Waals surface area contributed by atoms with Crippen molar-refractivity contribution in [2.45, 2.75) is 54.8 Å². The van der Waals surface area contributed by atoms with Gasteiger partial charge >= 0.3 is 11.6 Å². The summed E-state index contributed by atoms with van der Waals surface area (Å²) in [5, 5.41) is 8.83. The highest BCUT2D eigenvalue weighted by atomic mass is 35.5. The van der Waals surface area contributed by atoms with E-state index in [0.717, 1.165) is 34.2 Å². The number of aliphatic hydroxyl groups is 1. The minimum absolute atomic E-state index is 0.0278. The van der Waals surface area contributed by atoms with Gasteiger partial charge in [0.1, 0.15) is 6.61 Å². The number of carbonyl (C=O) groups is 2. The molecule has 2 rings (SSSR count). The molecule has 0 spiro atoms. The van der Waals surface area contributed by atoms with Crippen molar-refractivity contribution in [2.75, 3.05) is 12.1 Å². The Kier molecular flexibility index (Phi) is 15.2. The van der Waals surface area contributed by atoms with Gasteiger partial charge in [0.05, 0.1) is 52.2 Å². The monoisotopic (exact) mass is 524 g/mol. The summed E-state index contributed by atoms with van der Waals surface area (Å²) in [4.78, 5) is 37.4. The van der Waals surface area contributed by atoms with E-state index in [-0.39, 0.29) is 25.3 Å². The van der Waals surface area contributed by atoms with Gasteiger partial charge in [0, 0.05) is 11.6 Å². The lowest BCUT2D eigenvalue weighted by molar-refractivity contribution is 0.0608. The van der Waals surface area contributed by atoms with Crippen LogP contribution in [0.5, 0.6) is 0 Å². The van der Waals surface area contributed by atoms with Gasteiger partial charge in [0.15, 0.2) is 12.1 Å². The van der Waals surface area contributed by atoms with E-state index in [1.165, 1.54) is 0 Å². The minimum atomic E-state index is -0.870. The smallest absolute Gasteiger partial charge is 0.437 e. The van der Waals surface area contributed by atoms with E-state index in [4.69, 9.17) is 33.0 Å². The maximum absolute atomic E-state index is 10.9. The molecular weight excluding hydrogens is 499 g/mol. The van der Waals surface area contributed by atoms with Gasteiger partial charge in [-0.3, -0.25) is 19.9 Å². The van der Waals surface area contributed by atoms with E-state index in [1.54, 1.807) is 0 Å². The Hall–Kier alpha value is -2.27. The summed E-state index contributed by atoms with van der Waals surface area (Å²) >= 11 is 14.7. The second-order valence-electron chi connectivity index (χ2n) is 6.29. The molecule has 0 aromatic carbocycles. The number of alkyl halides is 2. The molecule has 1 N–H and O–H groups in total. The zero-order valence-corrected chi connectivity index (χ0v) is 21.5. The Morgan fingerprint density at radius 3 is 1.52 bits per heavy atom. The number of aliphatic hydroxyl groups excluding tert-OH is 1. The number of hydrogen-bond donors (Lipinski definition) is 1. The van der Waals surface area contributed by atoms with E-state index in [9.17, 15) is 9.59 Å². The standard InChI is InChI=1S/C10H13ClN2O3.C8H12N2O.C2H2Cl2O2/c1-6-7(2)13-9(8(3)12-6)4-15-10(14)16-5-11;1-5-6(2)10-8(4-11)7(3)9-5;3-1-6-2(4)5/h4-5H2,1-3H3;11H,4H2,1-3H3;1H2. The Balaban J connectivity index is 0.000000520. The second-order valence-corrected chi connectivity index (χ2v) is 7.04. The highest BCUT2D eigenvalue weighted by molar-refractivity contribution is 6.61. The molecule has 0 amide bonds. The van der Waals surface area contributed by atoms with Crippen LogP contribution in [-0.2, 0) is 27.4 Å². The lowest BCUT2D eigenvalue weighted by Gasteiger charge is -2.08. The van der Waals surface area contributed by atoms with Gasteiger partial charge in [-0.25, -0.2) is 9.59 Å². The third-order valence-electron chi connectivity index (χ3n) is 3.98. The molecule has 0 atom stereocenters. The molecule has 2 heterocycles. The molecular formula is C20H27Cl3N4O6. The number of rotatable bonds is 5. The Labute approximate surface area is 207 Å². The largest absolute Gasteiger partial charge is 0.509 e. The van der Waals surface area contributed by atoms with Crippen molar-refractivity contribution in [3.05, 3.63) is 45.6 Å². The van der Waals surface area contributed by atoms with Crippen LogP contribution in [0.25, 0.3) is 0 Å². The zero-order valence-electron chi connectivity index (χ0n) is 19.2. The fraction of sp³-hybridized carbons (Fsp3) is 0.500. The van der Waals surface area contributed by atoms with E-state index in [2.05, 4.69) is 41.0 Å². The summed E-state index contributed by atoms with van der Waals surface area (Å²) in [6, 6.07) is -0.404. The van der Waals surface area contributed by atoms with Gasteiger partial charge in [0.2, 0.25) is 0 Å². The van der Waals surface area contributed by atoms with Crippen molar-refractivity contribution in [1.82, 2.24) is 19.9 Å². The highest BCUT2D eigenvalue weighted by Gasteiger charge is 2.09. The molecule has 0 radical (unpaired) electrons. The Bertz CT molecular complexity index is 931. The number of hydrogen-bond acceptors (Lipinski definition) is 10. The molecule has 10 nitrogen and oxygen atoms in total. The topological polar surface area (TPSA) is 134 Å². The average molecular weight is 526 g/mol. The quantitative estimate of drug-likeness (QED) is 0.332. The Morgan fingerprint density at radius 1 is 0.697 bits per heavy atom. The summed E-state index contributed by atoms with van der Waals surface area (Å²) in [7, 11) is 0. The predicted octanol–water partition coefficient (Wildman–Crippen LogP) is 4.70. The van der Waals surface area contributed by atoms with E-state index in [0.29, 0.717) is 11.4 Å². The first-order valence-corrected chi connectivity index (χ1v) is 10.9. The molecule has 184 valence electrons. The summed E-state index contributed by atoms with van der Waals surface area (Å²) < 4.78 is 13.1. The van der Waals surface area contributed by atoms with Gasteiger partial charge in [0.25, 0.3) is 0 Å². The first-order valence-electron chi connectivity index (χ1n) is 9.42. The molecule has 0 aliphatic rings. The molecule has 13 heteroatoms. The number of carbonyl (C=O) groups excluding carboxylic acids is 2. The van der Waals surface area contributed by atoms with Crippen molar-refractivity contribution < 1.29 is 28.9 Å². The Morgan fingerprint density at radius 2 is 1.12 bits per heavy atom. The van der Waals surface area contributed by atoms with Crippen molar-refractivity contribution in [2.24, 2.45) is 0 Å². The van der Waals surface area contributed by atoms with Crippen LogP contribution in [0.2, 0.25) is 0 Å². The summed E-state index contributed by atoms with van der Waals surface area (Å²) in [5.41, 5.74) is 5.48. The highest BCUT2D eigenvalue weighted by Crippen LogP contribution is 2.09. The maximum atomic E-state index is 10.9. The van der Waals surface area contributed by atoms with Crippen LogP contribution in [0.3, 0.4) is 0 Å². The van der Waals surface area contributed by atoms with Crippen LogP contribution in [0.4, 0.5) is 9.59 Å². The van der Waals surface area contributed by atoms with E-state index < -0.39 is 11.6 Å². The number of ether oxygens (including phenoxy) is 3. The van der Waals surface area contributed by atoms with Crippen molar-refractivity contribution in [1.29, 1.82) is 0 Å². The van der Waals surface area contributed by atoms with Gasteiger partial charge < -0.3 is 19.3 Å². The number of nitrogens with zero attached hydrogens (tertiary/aromatic N) is 4. The van der Waals surface area contributed by atoms with Crippen molar-refractivity contribution >= 4 is 46.4 Å². The van der Waals surface area contributed by atoms with Crippen LogP contribution in [0.15, 0.2) is 0 Å². The van der Waals surface area contributed by atoms with Gasteiger partial charge in [-0.2, -0.15) is 0 Å². The molecule has 0 unspecified atom stereocenters. The molecule has 33 heavy (non-hydrogen) atoms. The molecule has 0 fully saturated rings. The molecule has 0 saturated carbocycles. The summed E-state index contributed by atoms with van der Waals surface area (Å²) in [6.45, 7) is 11.2. The van der Waals surface area contributed by atoms with Gasteiger partial charge in [-0.1, -0.05) is 23.2 Å². The third-order valence-corrected chi connectivity index (χ3v) is 4.30. The predicted molar refractivity (Wildman–Crippen MR) is 123 cm³/mol. The van der Waals surface area contributed by atoms with Crippen LogP contribution >= 0.6 is 34.8 Å². The number of aromatic nitrogens is 4. The third kappa shape index (κ3) is 12.5. The second kappa shape index (κ2) is 16.4. The molecule has 0 aliphatic heterocycles. The first kappa shape index (κ1) is 30.7. The molecule has 0 aliphatic carbocycles. The number of halogens is 3. The van der Waals surface area contributed by atoms with Gasteiger partial charge in [-0.15, -0.1) is 0 Å². The van der Waals surface area contributed by atoms with Crippen LogP contribution < -0.4 is 0 Å². The van der Waals surface area contributed by atoms with E-state index >= 15 is 0 Å². The molecule has 0 saturated heterocycles. The number of aryl methyl sites for hydroxylation is 6. The van der Waals surface area contributed by atoms with E-state index in [1.807, 2.05) is 41.5 Å². The van der Waals surface area contributed by atoms with Crippen molar-refractivity contribution in [3.8, 4) is 0 Å². The van der Waals surface area contributed by atoms with Crippen LogP contribution in [0, 0.1) is 41.5 Å². The maximum Gasteiger partial charge on any atom is 0.509 e. The minimum Gasteiger partial charge on any atom is -0.437 e. The molecule has 0 bridgehead atoms. The van der Waals surface area contributed by atoms with Gasteiger partial charge in [-0.05, 0) is 41.5 Å². The normalized spacial score (nSPS) is 9.64. The lowest BCUT2D eigenvalue weighted by Crippen LogP contribution is -2.10. The summed E-state index contributed by atoms with van der Waals surface area (Å²) in [6.07, 6.45) is -0.811. The zero-order chi connectivity index (χ0) is 25.6. The fourth-order valence-electron chi connectivity index (χ4n) is 2.07. The van der Waals surface area contributed by atoms with Crippen LogP contribution in [-0.4, -0.2) is 48.8 Å². The van der Waals surface area contributed by atoms with Crippen molar-refractivity contribution in [3.63, 3.8) is 0 Å². The SMILES string of the molecule is Cc1nc(C)c(CO)nc1C.Cc1nc(C)c(COC(=O)OCCl)nc1C.O=C(Cl)OCCl. The summed E-state index contributed by atoms with van der Waals surface area (Å²) in [5.74, 6) is 0. The molecule has 2 aromatic heterocycles. The van der Waals surface area contributed by atoms with Crippen LogP contribution in [0.1, 0.15) is 45.6 Å². The lowest BCUT2D eigenvalue weighted by atomic mass is 10.3. The fourth-order valence-corrected chi connectivity index (χ4v) is 2.36.